The molecule has 2 fully saturated rings. The number of rotatable bonds is 7. The molecule has 1 aromatic rings. The molecule has 2 atom stereocenters. The lowest BCUT2D eigenvalue weighted by Crippen LogP contribution is -2.39. The molecule has 7 heteroatoms. The molecule has 0 saturated heterocycles. The van der Waals surface area contributed by atoms with Gasteiger partial charge in [-0.1, -0.05) is 12.5 Å². The van der Waals surface area contributed by atoms with E-state index in [0.29, 0.717) is 30.5 Å². The highest BCUT2D eigenvalue weighted by atomic mass is 32.2. The zero-order chi connectivity index (χ0) is 17.2. The molecule has 6 nitrogen and oxygen atoms in total. The fourth-order valence-electron chi connectivity index (χ4n) is 3.20. The minimum absolute atomic E-state index is 0.0794. The second-order valence-corrected chi connectivity index (χ2v) is 8.60. The van der Waals surface area contributed by atoms with E-state index in [9.17, 15) is 13.2 Å². The van der Waals surface area contributed by atoms with Crippen LogP contribution in [-0.2, 0) is 10.0 Å². The fraction of sp³-hybridized carbons (Fsp3) is 0.588. The molecule has 2 aliphatic rings. The Kier molecular flexibility index (Phi) is 5.22. The van der Waals surface area contributed by atoms with Gasteiger partial charge in [0.15, 0.2) is 0 Å². The molecule has 0 heterocycles. The van der Waals surface area contributed by atoms with E-state index in [2.05, 4.69) is 10.0 Å². The van der Waals surface area contributed by atoms with Crippen molar-refractivity contribution in [3.05, 3.63) is 29.8 Å². The Labute approximate surface area is 143 Å². The molecule has 3 rings (SSSR count). The number of amides is 1. The summed E-state index contributed by atoms with van der Waals surface area (Å²) in [6.45, 7) is 1.03. The van der Waals surface area contributed by atoms with Gasteiger partial charge in [0.1, 0.15) is 0 Å². The van der Waals surface area contributed by atoms with E-state index in [1.54, 1.807) is 12.1 Å². The summed E-state index contributed by atoms with van der Waals surface area (Å²) in [4.78, 5) is 12.6. The Hall–Kier alpha value is -1.44. The van der Waals surface area contributed by atoms with Gasteiger partial charge in [-0.15, -0.1) is 0 Å². The quantitative estimate of drug-likeness (QED) is 0.688. The zero-order valence-corrected chi connectivity index (χ0v) is 14.5. The second-order valence-electron chi connectivity index (χ2n) is 6.83. The predicted octanol–water partition coefficient (Wildman–Crippen LogP) is 1.23. The van der Waals surface area contributed by atoms with Crippen LogP contribution in [0.4, 0.5) is 0 Å². The van der Waals surface area contributed by atoms with E-state index in [0.717, 1.165) is 32.1 Å². The minimum Gasteiger partial charge on any atom is -0.349 e. The van der Waals surface area contributed by atoms with Gasteiger partial charge in [0.25, 0.3) is 5.91 Å². The van der Waals surface area contributed by atoms with Crippen LogP contribution >= 0.6 is 0 Å². The summed E-state index contributed by atoms with van der Waals surface area (Å²) in [5, 5.41) is 3.00. The first-order valence-corrected chi connectivity index (χ1v) is 10.1. The largest absolute Gasteiger partial charge is 0.349 e. The van der Waals surface area contributed by atoms with Crippen molar-refractivity contribution < 1.29 is 13.2 Å². The maximum absolute atomic E-state index is 12.5. The Balaban J connectivity index is 1.68. The van der Waals surface area contributed by atoms with Gasteiger partial charge in [-0.05, 0) is 62.3 Å². The van der Waals surface area contributed by atoms with Crippen LogP contribution in [0.15, 0.2) is 29.2 Å². The molecule has 0 bridgehead atoms. The van der Waals surface area contributed by atoms with E-state index in [-0.39, 0.29) is 16.8 Å². The molecule has 24 heavy (non-hydrogen) atoms. The lowest BCUT2D eigenvalue weighted by Gasteiger charge is -2.19. The maximum Gasteiger partial charge on any atom is 0.251 e. The summed E-state index contributed by atoms with van der Waals surface area (Å²) in [6, 6.07) is 6.29. The van der Waals surface area contributed by atoms with Gasteiger partial charge >= 0.3 is 0 Å². The highest BCUT2D eigenvalue weighted by molar-refractivity contribution is 7.89. The summed E-state index contributed by atoms with van der Waals surface area (Å²) < 4.78 is 27.3. The van der Waals surface area contributed by atoms with Gasteiger partial charge in [-0.2, -0.15) is 0 Å². The smallest absolute Gasteiger partial charge is 0.251 e. The van der Waals surface area contributed by atoms with E-state index in [1.165, 1.54) is 12.1 Å². The molecule has 4 N–H and O–H groups in total. The van der Waals surface area contributed by atoms with Crippen molar-refractivity contribution in [2.45, 2.75) is 43.0 Å². The number of nitrogens with one attached hydrogen (secondary N) is 2. The number of hydrogen-bond acceptors (Lipinski definition) is 4. The van der Waals surface area contributed by atoms with Crippen LogP contribution in [0.2, 0.25) is 0 Å². The molecule has 2 aliphatic carbocycles. The number of carbonyl (C=O) groups is 1. The first kappa shape index (κ1) is 17.4. The number of hydrogen-bond donors (Lipinski definition) is 3. The van der Waals surface area contributed by atoms with Crippen LogP contribution in [0, 0.1) is 11.8 Å². The van der Waals surface area contributed by atoms with Crippen molar-refractivity contribution in [1.29, 1.82) is 0 Å². The highest BCUT2D eigenvalue weighted by Gasteiger charge is 2.28. The van der Waals surface area contributed by atoms with Crippen molar-refractivity contribution in [2.24, 2.45) is 17.6 Å². The fourth-order valence-corrected chi connectivity index (χ4v) is 4.36. The maximum atomic E-state index is 12.5. The molecule has 0 aromatic heterocycles. The molecule has 0 spiro atoms. The van der Waals surface area contributed by atoms with Crippen LogP contribution in [0.5, 0.6) is 0 Å². The molecule has 2 unspecified atom stereocenters. The van der Waals surface area contributed by atoms with E-state index >= 15 is 0 Å². The lowest BCUT2D eigenvalue weighted by atomic mass is 10.0. The van der Waals surface area contributed by atoms with E-state index in [4.69, 9.17) is 5.73 Å². The van der Waals surface area contributed by atoms with Gasteiger partial charge < -0.3 is 11.1 Å². The van der Waals surface area contributed by atoms with E-state index < -0.39 is 10.0 Å². The van der Waals surface area contributed by atoms with Crippen molar-refractivity contribution in [3.8, 4) is 0 Å². The summed E-state index contributed by atoms with van der Waals surface area (Å²) in [5.74, 6) is 0.530. The highest BCUT2D eigenvalue weighted by Crippen LogP contribution is 2.28. The molecule has 0 aliphatic heterocycles. The standard InChI is InChI=1S/C17H25N3O3S/c18-10-14-4-2-6-16(14)20-17(21)13-3-1-5-15(9-13)24(22,23)19-11-12-7-8-12/h1,3,5,9,12,14,16,19H,2,4,6-8,10-11,18H2,(H,20,21). The van der Waals surface area contributed by atoms with Crippen molar-refractivity contribution in [3.63, 3.8) is 0 Å². The number of benzene rings is 1. The first-order chi connectivity index (χ1) is 11.5. The topological polar surface area (TPSA) is 101 Å². The molecule has 1 aromatic carbocycles. The third kappa shape index (κ3) is 4.15. The average Bonchev–Trinajstić information content (AvgIpc) is 3.31. The SMILES string of the molecule is NCC1CCCC1NC(=O)c1cccc(S(=O)(=O)NCC2CC2)c1. The third-order valence-corrected chi connectivity index (χ3v) is 6.37. The number of nitrogens with two attached hydrogens (primary N) is 1. The Bertz CT molecular complexity index is 701. The predicted molar refractivity (Wildman–Crippen MR) is 92.0 cm³/mol. The van der Waals surface area contributed by atoms with Gasteiger partial charge in [-0.3, -0.25) is 4.79 Å². The Morgan fingerprint density at radius 1 is 1.21 bits per heavy atom. The van der Waals surface area contributed by atoms with E-state index in [1.807, 2.05) is 0 Å². The summed E-state index contributed by atoms with van der Waals surface area (Å²) >= 11 is 0. The number of sulfonamides is 1. The first-order valence-electron chi connectivity index (χ1n) is 8.60. The van der Waals surface area contributed by atoms with Gasteiger partial charge in [0.05, 0.1) is 4.90 Å². The summed E-state index contributed by atoms with van der Waals surface area (Å²) in [6.07, 6.45) is 5.17. The van der Waals surface area contributed by atoms with Crippen LogP contribution in [0.25, 0.3) is 0 Å². The van der Waals surface area contributed by atoms with Gasteiger partial charge in [-0.25, -0.2) is 13.1 Å². The second kappa shape index (κ2) is 7.21. The number of carbonyl (C=O) groups excluding carboxylic acids is 1. The van der Waals surface area contributed by atoms with Crippen LogP contribution in [0.1, 0.15) is 42.5 Å². The summed E-state index contributed by atoms with van der Waals surface area (Å²) in [7, 11) is -3.56. The molecule has 132 valence electrons. The van der Waals surface area contributed by atoms with Crippen molar-refractivity contribution >= 4 is 15.9 Å². The van der Waals surface area contributed by atoms with Crippen LogP contribution in [-0.4, -0.2) is 33.5 Å². The lowest BCUT2D eigenvalue weighted by molar-refractivity contribution is 0.0928. The minimum atomic E-state index is -3.56. The van der Waals surface area contributed by atoms with Gasteiger partial charge in [0, 0.05) is 18.2 Å². The van der Waals surface area contributed by atoms with Crippen LogP contribution < -0.4 is 15.8 Å². The van der Waals surface area contributed by atoms with Crippen molar-refractivity contribution in [1.82, 2.24) is 10.0 Å². The van der Waals surface area contributed by atoms with Crippen molar-refractivity contribution in [2.75, 3.05) is 13.1 Å². The molecule has 0 radical (unpaired) electrons. The van der Waals surface area contributed by atoms with Crippen LogP contribution in [0.3, 0.4) is 0 Å². The molecule has 1 amide bonds. The third-order valence-electron chi connectivity index (χ3n) is 4.94. The van der Waals surface area contributed by atoms with Gasteiger partial charge in [0.2, 0.25) is 10.0 Å². The average molecular weight is 351 g/mol. The Morgan fingerprint density at radius 2 is 2.00 bits per heavy atom. The molecule has 2 saturated carbocycles. The Morgan fingerprint density at radius 3 is 2.71 bits per heavy atom. The normalized spacial score (nSPS) is 24.0. The molecular formula is C17H25N3O3S. The monoisotopic (exact) mass is 351 g/mol. The molecular weight excluding hydrogens is 326 g/mol. The summed E-state index contributed by atoms with van der Waals surface area (Å²) in [5.41, 5.74) is 6.11. The zero-order valence-electron chi connectivity index (χ0n) is 13.7.